The van der Waals surface area contributed by atoms with E-state index in [1.54, 1.807) is 0 Å². The van der Waals surface area contributed by atoms with Gasteiger partial charge >= 0.3 is 0 Å². The molecule has 0 spiro atoms. The first-order valence-electron chi connectivity index (χ1n) is 11.6. The van der Waals surface area contributed by atoms with Gasteiger partial charge < -0.3 is 0 Å². The van der Waals surface area contributed by atoms with Gasteiger partial charge in [-0.2, -0.15) is 0 Å². The number of benzene rings is 5. The van der Waals surface area contributed by atoms with Crippen LogP contribution in [-0.4, -0.2) is 4.98 Å². The molecule has 0 saturated carbocycles. The second-order valence-electron chi connectivity index (χ2n) is 9.06. The first-order chi connectivity index (χ1) is 16.2. The second-order valence-corrected chi connectivity index (χ2v) is 9.06. The van der Waals surface area contributed by atoms with Crippen molar-refractivity contribution in [1.29, 1.82) is 0 Å². The van der Waals surface area contributed by atoms with Gasteiger partial charge in [0, 0.05) is 17.8 Å². The van der Waals surface area contributed by atoms with Crippen LogP contribution in [0.2, 0.25) is 0 Å². The third-order valence-corrected chi connectivity index (χ3v) is 6.71. The highest BCUT2D eigenvalue weighted by atomic mass is 14.6. The Kier molecular flexibility index (Phi) is 4.69. The molecule has 1 aromatic heterocycles. The lowest BCUT2D eigenvalue weighted by Gasteiger charge is -2.17. The summed E-state index contributed by atoms with van der Waals surface area (Å²) < 4.78 is 0. The molecule has 1 heterocycles. The number of rotatable bonds is 3. The van der Waals surface area contributed by atoms with Crippen LogP contribution in [0.1, 0.15) is 25.3 Å². The van der Waals surface area contributed by atoms with Crippen molar-refractivity contribution < 1.29 is 0 Å². The summed E-state index contributed by atoms with van der Waals surface area (Å²) in [6, 6.07) is 35.3. The van der Waals surface area contributed by atoms with Gasteiger partial charge in [0.2, 0.25) is 0 Å². The highest BCUT2D eigenvalue weighted by Gasteiger charge is 2.16. The van der Waals surface area contributed by atoms with Crippen molar-refractivity contribution >= 4 is 32.3 Å². The van der Waals surface area contributed by atoms with Gasteiger partial charge in [-0.15, -0.1) is 0 Å². The molecule has 158 valence electrons. The summed E-state index contributed by atoms with van der Waals surface area (Å²) in [5.74, 6) is 0.526. The Morgan fingerprint density at radius 2 is 1.18 bits per heavy atom. The average molecular weight is 424 g/mol. The molecule has 0 atom stereocenters. The summed E-state index contributed by atoms with van der Waals surface area (Å²) in [5, 5.41) is 7.51. The zero-order chi connectivity index (χ0) is 22.4. The first kappa shape index (κ1) is 19.7. The van der Waals surface area contributed by atoms with E-state index in [4.69, 9.17) is 0 Å². The van der Waals surface area contributed by atoms with Crippen LogP contribution in [-0.2, 0) is 0 Å². The summed E-state index contributed by atoms with van der Waals surface area (Å²) in [6.45, 7) is 4.49. The van der Waals surface area contributed by atoms with E-state index in [1.165, 1.54) is 60.1 Å². The molecule has 0 amide bonds. The van der Waals surface area contributed by atoms with Gasteiger partial charge in [-0.05, 0) is 72.8 Å². The van der Waals surface area contributed by atoms with E-state index >= 15 is 0 Å². The number of pyridine rings is 1. The molecule has 0 N–H and O–H groups in total. The molecule has 6 aromatic rings. The Hall–Kier alpha value is -3.97. The molecule has 1 heteroatoms. The normalized spacial score (nSPS) is 11.6. The van der Waals surface area contributed by atoms with Crippen LogP contribution < -0.4 is 0 Å². The van der Waals surface area contributed by atoms with Crippen molar-refractivity contribution in [2.75, 3.05) is 0 Å². The number of nitrogens with zero attached hydrogens (tertiary/aromatic N) is 1. The van der Waals surface area contributed by atoms with Crippen molar-refractivity contribution in [3.05, 3.63) is 115 Å². The SMILES string of the molecule is CC(C)c1ccc2cc(-c3c4ccccc4c(-c4ccccc4)c4ccncc34)ccc2c1. The summed E-state index contributed by atoms with van der Waals surface area (Å²) in [6.07, 6.45) is 3.93. The zero-order valence-corrected chi connectivity index (χ0v) is 18.9. The fourth-order valence-corrected chi connectivity index (χ4v) is 5.03. The molecule has 0 saturated heterocycles. The van der Waals surface area contributed by atoms with Crippen LogP contribution in [0.25, 0.3) is 54.6 Å². The Bertz CT molecular complexity index is 1570. The van der Waals surface area contributed by atoms with Gasteiger partial charge in [0.1, 0.15) is 0 Å². The predicted molar refractivity (Wildman–Crippen MR) is 142 cm³/mol. The summed E-state index contributed by atoms with van der Waals surface area (Å²) in [5.41, 5.74) is 6.37. The van der Waals surface area contributed by atoms with E-state index in [9.17, 15) is 0 Å². The van der Waals surface area contributed by atoms with Crippen molar-refractivity contribution in [2.45, 2.75) is 19.8 Å². The minimum atomic E-state index is 0.526. The molecule has 6 rings (SSSR count). The Morgan fingerprint density at radius 1 is 0.545 bits per heavy atom. The zero-order valence-electron chi connectivity index (χ0n) is 18.9. The fourth-order valence-electron chi connectivity index (χ4n) is 5.03. The Morgan fingerprint density at radius 3 is 1.94 bits per heavy atom. The minimum Gasteiger partial charge on any atom is -0.264 e. The number of hydrogen-bond donors (Lipinski definition) is 0. The summed E-state index contributed by atoms with van der Waals surface area (Å²) >= 11 is 0. The second kappa shape index (κ2) is 7.86. The minimum absolute atomic E-state index is 0.526. The molecule has 0 aliphatic carbocycles. The Balaban J connectivity index is 1.69. The highest BCUT2D eigenvalue weighted by Crippen LogP contribution is 2.43. The van der Waals surface area contributed by atoms with Crippen LogP contribution in [0.4, 0.5) is 0 Å². The number of fused-ring (bicyclic) bond motifs is 3. The molecule has 0 unspecified atom stereocenters. The largest absolute Gasteiger partial charge is 0.264 e. The maximum Gasteiger partial charge on any atom is 0.0353 e. The maximum atomic E-state index is 4.53. The molecule has 33 heavy (non-hydrogen) atoms. The first-order valence-corrected chi connectivity index (χ1v) is 11.6. The topological polar surface area (TPSA) is 12.9 Å². The molecule has 5 aromatic carbocycles. The lowest BCUT2D eigenvalue weighted by molar-refractivity contribution is 0.869. The third-order valence-electron chi connectivity index (χ3n) is 6.71. The summed E-state index contributed by atoms with van der Waals surface area (Å²) in [4.78, 5) is 4.53. The van der Waals surface area contributed by atoms with Crippen molar-refractivity contribution in [1.82, 2.24) is 4.98 Å². The van der Waals surface area contributed by atoms with Crippen LogP contribution >= 0.6 is 0 Å². The van der Waals surface area contributed by atoms with Crippen LogP contribution in [0.5, 0.6) is 0 Å². The van der Waals surface area contributed by atoms with E-state index in [0.29, 0.717) is 5.92 Å². The average Bonchev–Trinajstić information content (AvgIpc) is 2.87. The monoisotopic (exact) mass is 423 g/mol. The van der Waals surface area contributed by atoms with E-state index in [0.717, 1.165) is 0 Å². The maximum absolute atomic E-state index is 4.53. The van der Waals surface area contributed by atoms with Crippen LogP contribution in [0.15, 0.2) is 109 Å². The van der Waals surface area contributed by atoms with Crippen molar-refractivity contribution in [3.8, 4) is 22.3 Å². The van der Waals surface area contributed by atoms with E-state index in [-0.39, 0.29) is 0 Å². The molecule has 0 aliphatic heterocycles. The fraction of sp³-hybridized carbons (Fsp3) is 0.0938. The molecule has 0 radical (unpaired) electrons. The number of aromatic nitrogens is 1. The van der Waals surface area contributed by atoms with E-state index in [1.807, 2.05) is 12.4 Å². The standard InChI is InChI=1S/C32H25N/c1-21(2)23-12-13-25-19-26(15-14-24(25)18-23)32-28-11-7-6-10-27(28)31(22-8-4-3-5-9-22)29-16-17-33-20-30(29)32/h3-21H,1-2H3. The number of hydrogen-bond acceptors (Lipinski definition) is 1. The summed E-state index contributed by atoms with van der Waals surface area (Å²) in [7, 11) is 0. The van der Waals surface area contributed by atoms with E-state index < -0.39 is 0 Å². The van der Waals surface area contributed by atoms with Gasteiger partial charge in [-0.1, -0.05) is 98.8 Å². The third kappa shape index (κ3) is 3.29. The highest BCUT2D eigenvalue weighted by molar-refractivity contribution is 6.21. The molecule has 1 nitrogen and oxygen atoms in total. The molecular weight excluding hydrogens is 398 g/mol. The van der Waals surface area contributed by atoms with Gasteiger partial charge in [-0.3, -0.25) is 4.98 Å². The van der Waals surface area contributed by atoms with Gasteiger partial charge in [0.25, 0.3) is 0 Å². The van der Waals surface area contributed by atoms with Gasteiger partial charge in [0.05, 0.1) is 0 Å². The molecule has 0 fully saturated rings. The van der Waals surface area contributed by atoms with Crippen molar-refractivity contribution in [2.24, 2.45) is 0 Å². The van der Waals surface area contributed by atoms with E-state index in [2.05, 4.69) is 116 Å². The predicted octanol–water partition coefficient (Wildman–Crippen LogP) is 9.00. The van der Waals surface area contributed by atoms with Crippen LogP contribution in [0, 0.1) is 0 Å². The van der Waals surface area contributed by atoms with Crippen LogP contribution in [0.3, 0.4) is 0 Å². The molecule has 0 bridgehead atoms. The van der Waals surface area contributed by atoms with Gasteiger partial charge in [-0.25, -0.2) is 0 Å². The molecule has 0 aliphatic rings. The molecular formula is C32H25N. The Labute approximate surface area is 194 Å². The van der Waals surface area contributed by atoms with Crippen molar-refractivity contribution in [3.63, 3.8) is 0 Å². The lowest BCUT2D eigenvalue weighted by atomic mass is 9.86. The van der Waals surface area contributed by atoms with Gasteiger partial charge in [0.15, 0.2) is 0 Å². The smallest absolute Gasteiger partial charge is 0.0353 e. The quantitative estimate of drug-likeness (QED) is 0.259. The lowest BCUT2D eigenvalue weighted by Crippen LogP contribution is -1.92.